The van der Waals surface area contributed by atoms with Crippen LogP contribution in [0.25, 0.3) is 16.6 Å². The molecule has 3 aromatic rings. The molecule has 1 aromatic carbocycles. The maximum Gasteiger partial charge on any atom is 0.252 e. The molecule has 29 heavy (non-hydrogen) atoms. The van der Waals surface area contributed by atoms with Crippen LogP contribution in [0.5, 0.6) is 0 Å². The Morgan fingerprint density at radius 2 is 2.03 bits per heavy atom. The van der Waals surface area contributed by atoms with Gasteiger partial charge in [0.05, 0.1) is 23.0 Å². The van der Waals surface area contributed by atoms with E-state index < -0.39 is 5.91 Å². The summed E-state index contributed by atoms with van der Waals surface area (Å²) in [5.41, 5.74) is 10.4. The fraction of sp³-hybridized carbons (Fsp3) is 0.318. The molecular formula is C22H25N5O2. The van der Waals surface area contributed by atoms with Gasteiger partial charge >= 0.3 is 0 Å². The first-order chi connectivity index (χ1) is 13.9. The predicted octanol–water partition coefficient (Wildman–Crippen LogP) is 3.66. The Kier molecular flexibility index (Phi) is 4.74. The summed E-state index contributed by atoms with van der Waals surface area (Å²) in [6, 6.07) is 9.82. The first-order valence-electron chi connectivity index (χ1n) is 9.77. The predicted molar refractivity (Wildman–Crippen MR) is 114 cm³/mol. The van der Waals surface area contributed by atoms with Gasteiger partial charge in [0.1, 0.15) is 0 Å². The van der Waals surface area contributed by atoms with Crippen molar-refractivity contribution in [2.45, 2.75) is 39.2 Å². The smallest absolute Gasteiger partial charge is 0.252 e. The van der Waals surface area contributed by atoms with E-state index >= 15 is 0 Å². The van der Waals surface area contributed by atoms with Gasteiger partial charge in [0.25, 0.3) is 5.91 Å². The number of nitrogens with one attached hydrogen (secondary N) is 2. The van der Waals surface area contributed by atoms with Crippen molar-refractivity contribution in [3.63, 3.8) is 0 Å². The van der Waals surface area contributed by atoms with Crippen molar-refractivity contribution in [3.05, 3.63) is 48.3 Å². The summed E-state index contributed by atoms with van der Waals surface area (Å²) >= 11 is 0. The molecule has 4 rings (SSSR count). The third-order valence-corrected chi connectivity index (χ3v) is 5.92. The van der Waals surface area contributed by atoms with Gasteiger partial charge in [-0.3, -0.25) is 9.59 Å². The highest BCUT2D eigenvalue weighted by atomic mass is 16.1. The van der Waals surface area contributed by atoms with Crippen molar-refractivity contribution in [3.8, 4) is 11.1 Å². The Bertz CT molecular complexity index is 1070. The first kappa shape index (κ1) is 19.0. The van der Waals surface area contributed by atoms with Crippen LogP contribution in [0.15, 0.2) is 42.7 Å². The van der Waals surface area contributed by atoms with Gasteiger partial charge in [-0.25, -0.2) is 4.52 Å². The number of hydrogen-bond acceptors (Lipinski definition) is 4. The van der Waals surface area contributed by atoms with E-state index in [0.29, 0.717) is 12.0 Å². The highest BCUT2D eigenvalue weighted by molar-refractivity contribution is 6.02. The second-order valence-corrected chi connectivity index (χ2v) is 8.27. The molecule has 1 aliphatic carbocycles. The van der Waals surface area contributed by atoms with Crippen LogP contribution in [0.2, 0.25) is 0 Å². The molecule has 1 fully saturated rings. The van der Waals surface area contributed by atoms with Gasteiger partial charge in [0.2, 0.25) is 6.41 Å². The number of rotatable bonds is 6. The Morgan fingerprint density at radius 3 is 2.66 bits per heavy atom. The van der Waals surface area contributed by atoms with E-state index in [2.05, 4.69) is 29.6 Å². The second kappa shape index (κ2) is 7.24. The lowest BCUT2D eigenvalue weighted by atomic mass is 9.87. The van der Waals surface area contributed by atoms with E-state index in [1.54, 1.807) is 4.52 Å². The van der Waals surface area contributed by atoms with Gasteiger partial charge in [-0.05, 0) is 42.0 Å². The van der Waals surface area contributed by atoms with E-state index in [9.17, 15) is 9.59 Å². The van der Waals surface area contributed by atoms with E-state index in [0.717, 1.165) is 47.3 Å². The van der Waals surface area contributed by atoms with Crippen LogP contribution < -0.4 is 16.4 Å². The third kappa shape index (κ3) is 3.55. The summed E-state index contributed by atoms with van der Waals surface area (Å²) < 4.78 is 1.77. The van der Waals surface area contributed by atoms with Crippen LogP contribution in [-0.2, 0) is 4.79 Å². The molecule has 0 spiro atoms. The lowest BCUT2D eigenvalue weighted by molar-refractivity contribution is -0.105. The monoisotopic (exact) mass is 391 g/mol. The van der Waals surface area contributed by atoms with Crippen LogP contribution in [0.3, 0.4) is 0 Å². The number of benzene rings is 1. The zero-order chi connectivity index (χ0) is 20.6. The molecule has 0 bridgehead atoms. The summed E-state index contributed by atoms with van der Waals surface area (Å²) in [6.07, 6.45) is 7.46. The zero-order valence-electron chi connectivity index (χ0n) is 16.6. The molecule has 1 atom stereocenters. The Balaban J connectivity index is 1.77. The quantitative estimate of drug-likeness (QED) is 0.558. The fourth-order valence-corrected chi connectivity index (χ4v) is 4.15. The normalized spacial score (nSPS) is 17.9. The van der Waals surface area contributed by atoms with Crippen molar-refractivity contribution < 1.29 is 9.59 Å². The van der Waals surface area contributed by atoms with E-state index in [1.165, 1.54) is 6.20 Å². The van der Waals surface area contributed by atoms with Crippen molar-refractivity contribution in [1.82, 2.24) is 9.61 Å². The SMILES string of the molecule is CC1(C)CCC[C@H]1Nc1c(C(N)=O)cnn2cc(-c3ccc(NC=O)cc3)cc12. The van der Waals surface area contributed by atoms with Crippen molar-refractivity contribution in [2.75, 3.05) is 10.6 Å². The van der Waals surface area contributed by atoms with Gasteiger partial charge in [-0.2, -0.15) is 5.10 Å². The van der Waals surface area contributed by atoms with Gasteiger partial charge in [-0.1, -0.05) is 32.4 Å². The summed E-state index contributed by atoms with van der Waals surface area (Å²) in [5.74, 6) is -0.495. The van der Waals surface area contributed by atoms with Gasteiger partial charge in [0.15, 0.2) is 0 Å². The summed E-state index contributed by atoms with van der Waals surface area (Å²) in [7, 11) is 0. The summed E-state index contributed by atoms with van der Waals surface area (Å²) in [5, 5.41) is 10.6. The lowest BCUT2D eigenvalue weighted by Crippen LogP contribution is -2.32. The minimum atomic E-state index is -0.495. The topological polar surface area (TPSA) is 102 Å². The highest BCUT2D eigenvalue weighted by Crippen LogP contribution is 2.40. The molecule has 0 aliphatic heterocycles. The molecule has 1 aliphatic rings. The number of hydrogen-bond donors (Lipinski definition) is 3. The number of nitrogens with zero attached hydrogens (tertiary/aromatic N) is 2. The van der Waals surface area contributed by atoms with Gasteiger partial charge in [-0.15, -0.1) is 0 Å². The molecule has 0 unspecified atom stereocenters. The Labute approximate surface area is 169 Å². The minimum absolute atomic E-state index is 0.145. The van der Waals surface area contributed by atoms with Crippen LogP contribution in [0, 0.1) is 5.41 Å². The number of carbonyl (C=O) groups excluding carboxylic acids is 2. The minimum Gasteiger partial charge on any atom is -0.379 e. The number of nitrogens with two attached hydrogens (primary N) is 1. The number of primary amides is 1. The Hall–Kier alpha value is -3.35. The van der Waals surface area contributed by atoms with Crippen LogP contribution in [0.1, 0.15) is 43.5 Å². The maximum atomic E-state index is 12.1. The Morgan fingerprint density at radius 1 is 1.28 bits per heavy atom. The number of aromatic nitrogens is 2. The summed E-state index contributed by atoms with van der Waals surface area (Å²) in [6.45, 7) is 4.50. The van der Waals surface area contributed by atoms with Crippen LogP contribution >= 0.6 is 0 Å². The molecule has 0 saturated heterocycles. The number of fused-ring (bicyclic) bond motifs is 1. The standard InChI is InChI=1S/C22H25N5O2/c1-22(2)9-3-4-19(22)26-20-17(21(23)29)11-25-27-12-15(10-18(20)27)14-5-7-16(8-6-14)24-13-28/h5-8,10-13,19,26H,3-4,9H2,1-2H3,(H2,23,29)(H,24,28)/t19-/m1/s1. The molecule has 4 N–H and O–H groups in total. The molecule has 150 valence electrons. The number of carbonyl (C=O) groups is 2. The molecule has 7 heteroatoms. The van der Waals surface area contributed by atoms with E-state index in [4.69, 9.17) is 5.73 Å². The van der Waals surface area contributed by atoms with E-state index in [-0.39, 0.29) is 11.5 Å². The lowest BCUT2D eigenvalue weighted by Gasteiger charge is -2.29. The molecule has 2 aromatic heterocycles. The fourth-order valence-electron chi connectivity index (χ4n) is 4.15. The largest absolute Gasteiger partial charge is 0.379 e. The molecule has 1 saturated carbocycles. The van der Waals surface area contributed by atoms with Crippen molar-refractivity contribution in [1.29, 1.82) is 0 Å². The average Bonchev–Trinajstić information content (AvgIpc) is 3.26. The number of anilines is 2. The molecule has 2 heterocycles. The van der Waals surface area contributed by atoms with Crippen molar-refractivity contribution >= 4 is 29.2 Å². The second-order valence-electron chi connectivity index (χ2n) is 8.27. The maximum absolute atomic E-state index is 12.1. The van der Waals surface area contributed by atoms with E-state index in [1.807, 2.05) is 36.5 Å². The first-order valence-corrected chi connectivity index (χ1v) is 9.77. The van der Waals surface area contributed by atoms with Gasteiger partial charge in [0, 0.05) is 23.5 Å². The van der Waals surface area contributed by atoms with Gasteiger partial charge < -0.3 is 16.4 Å². The van der Waals surface area contributed by atoms with Crippen LogP contribution in [0.4, 0.5) is 11.4 Å². The molecule has 2 amide bonds. The molecular weight excluding hydrogens is 366 g/mol. The third-order valence-electron chi connectivity index (χ3n) is 5.92. The highest BCUT2D eigenvalue weighted by Gasteiger charge is 2.35. The zero-order valence-corrected chi connectivity index (χ0v) is 16.6. The molecule has 7 nitrogen and oxygen atoms in total. The summed E-state index contributed by atoms with van der Waals surface area (Å²) in [4.78, 5) is 22.7. The van der Waals surface area contributed by atoms with Crippen molar-refractivity contribution in [2.24, 2.45) is 11.1 Å². The molecule has 0 radical (unpaired) electrons. The number of amides is 2. The average molecular weight is 391 g/mol. The van der Waals surface area contributed by atoms with Crippen LogP contribution in [-0.4, -0.2) is 28.0 Å².